The van der Waals surface area contributed by atoms with Crippen molar-refractivity contribution < 1.29 is 14.1 Å². The Bertz CT molecular complexity index is 764. The fourth-order valence-corrected chi connectivity index (χ4v) is 3.64. The molecule has 1 unspecified atom stereocenters. The monoisotopic (exact) mass is 369 g/mol. The average Bonchev–Trinajstić information content (AvgIpc) is 3.11. The number of hydrogen-bond acceptors (Lipinski definition) is 4. The molecular weight excluding hydrogens is 342 g/mol. The number of carbonyl (C=O) groups is 2. The smallest absolute Gasteiger partial charge is 0.230 e. The lowest BCUT2D eigenvalue weighted by atomic mass is 9.90. The normalized spacial score (nSPS) is 16.1. The summed E-state index contributed by atoms with van der Waals surface area (Å²) in [4.78, 5) is 27.4. The fourth-order valence-electron chi connectivity index (χ4n) is 3.64. The summed E-state index contributed by atoms with van der Waals surface area (Å²) in [7, 11) is 0. The standard InChI is InChI=1S/C21H27N3O3/c1-3-7-18(16-8-5-4-6-9-16)21(26)24-12-10-17(11-13-24)20(25)22-19-14-15(2)27-23-19/h4-6,8-9,14,17-18H,3,7,10-13H2,1-2H3,(H,22,23,25). The van der Waals surface area contributed by atoms with E-state index in [1.54, 1.807) is 13.0 Å². The van der Waals surface area contributed by atoms with Crippen molar-refractivity contribution in [3.05, 3.63) is 47.7 Å². The number of hydrogen-bond donors (Lipinski definition) is 1. The molecule has 2 heterocycles. The predicted octanol–water partition coefficient (Wildman–Crippen LogP) is 3.74. The molecule has 0 spiro atoms. The van der Waals surface area contributed by atoms with Crippen LogP contribution in [0, 0.1) is 12.8 Å². The number of aryl methyl sites for hydroxylation is 1. The Morgan fingerprint density at radius 3 is 2.56 bits per heavy atom. The first kappa shape index (κ1) is 19.1. The number of aromatic nitrogens is 1. The molecule has 1 fully saturated rings. The summed E-state index contributed by atoms with van der Waals surface area (Å²) in [6.07, 6.45) is 3.14. The zero-order chi connectivity index (χ0) is 19.2. The van der Waals surface area contributed by atoms with Crippen LogP contribution in [0.15, 0.2) is 40.9 Å². The molecule has 0 radical (unpaired) electrons. The molecule has 1 aliphatic rings. The maximum absolute atomic E-state index is 13.1. The summed E-state index contributed by atoms with van der Waals surface area (Å²) in [5.41, 5.74) is 1.07. The van der Waals surface area contributed by atoms with Gasteiger partial charge in [-0.05, 0) is 31.7 Å². The van der Waals surface area contributed by atoms with Crippen LogP contribution in [-0.2, 0) is 9.59 Å². The number of amides is 2. The van der Waals surface area contributed by atoms with E-state index in [2.05, 4.69) is 17.4 Å². The minimum absolute atomic E-state index is 0.0523. The second-order valence-corrected chi connectivity index (χ2v) is 7.16. The summed E-state index contributed by atoms with van der Waals surface area (Å²) < 4.78 is 4.97. The van der Waals surface area contributed by atoms with Gasteiger partial charge in [0.2, 0.25) is 11.8 Å². The summed E-state index contributed by atoms with van der Waals surface area (Å²) in [5.74, 6) is 1.03. The van der Waals surface area contributed by atoms with Gasteiger partial charge in [0.1, 0.15) is 5.76 Å². The van der Waals surface area contributed by atoms with Crippen molar-refractivity contribution in [2.75, 3.05) is 18.4 Å². The van der Waals surface area contributed by atoms with Crippen LogP contribution in [0.3, 0.4) is 0 Å². The molecule has 0 saturated carbocycles. The molecule has 6 nitrogen and oxygen atoms in total. The Kier molecular flexibility index (Phi) is 6.27. The molecule has 3 rings (SSSR count). The molecule has 1 aromatic carbocycles. The molecule has 0 bridgehead atoms. The van der Waals surface area contributed by atoms with E-state index in [4.69, 9.17) is 4.52 Å². The maximum Gasteiger partial charge on any atom is 0.230 e. The van der Waals surface area contributed by atoms with Gasteiger partial charge < -0.3 is 14.7 Å². The molecular formula is C21H27N3O3. The molecule has 144 valence electrons. The Morgan fingerprint density at radius 2 is 1.96 bits per heavy atom. The summed E-state index contributed by atoms with van der Waals surface area (Å²) in [6.45, 7) is 5.11. The fraction of sp³-hybridized carbons (Fsp3) is 0.476. The molecule has 0 aliphatic carbocycles. The number of benzene rings is 1. The zero-order valence-electron chi connectivity index (χ0n) is 16.0. The largest absolute Gasteiger partial charge is 0.360 e. The van der Waals surface area contributed by atoms with Gasteiger partial charge in [0, 0.05) is 25.1 Å². The molecule has 27 heavy (non-hydrogen) atoms. The van der Waals surface area contributed by atoms with Crippen LogP contribution in [0.25, 0.3) is 0 Å². The predicted molar refractivity (Wildman–Crippen MR) is 103 cm³/mol. The minimum atomic E-state index is -0.104. The summed E-state index contributed by atoms with van der Waals surface area (Å²) >= 11 is 0. The van der Waals surface area contributed by atoms with Gasteiger partial charge in [-0.3, -0.25) is 9.59 Å². The van der Waals surface area contributed by atoms with Gasteiger partial charge in [0.25, 0.3) is 0 Å². The first-order valence-electron chi connectivity index (χ1n) is 9.66. The summed E-state index contributed by atoms with van der Waals surface area (Å²) in [6, 6.07) is 11.7. The van der Waals surface area contributed by atoms with Crippen molar-refractivity contribution in [3.63, 3.8) is 0 Å². The molecule has 6 heteroatoms. The molecule has 1 aliphatic heterocycles. The van der Waals surface area contributed by atoms with Gasteiger partial charge in [-0.15, -0.1) is 0 Å². The van der Waals surface area contributed by atoms with Gasteiger partial charge in [-0.1, -0.05) is 48.8 Å². The van der Waals surface area contributed by atoms with Crippen LogP contribution in [0.5, 0.6) is 0 Å². The Hall–Kier alpha value is -2.63. The van der Waals surface area contributed by atoms with Crippen LogP contribution in [0.4, 0.5) is 5.82 Å². The van der Waals surface area contributed by atoms with Gasteiger partial charge in [0.15, 0.2) is 5.82 Å². The lowest BCUT2D eigenvalue weighted by Gasteiger charge is -2.33. The molecule has 2 aromatic rings. The van der Waals surface area contributed by atoms with Gasteiger partial charge >= 0.3 is 0 Å². The van der Waals surface area contributed by atoms with Crippen molar-refractivity contribution in [2.45, 2.75) is 45.4 Å². The number of nitrogens with zero attached hydrogens (tertiary/aromatic N) is 2. The van der Waals surface area contributed by atoms with Crippen LogP contribution in [0.1, 0.15) is 49.8 Å². The van der Waals surface area contributed by atoms with Gasteiger partial charge in [0.05, 0.1) is 5.92 Å². The van der Waals surface area contributed by atoms with E-state index in [1.807, 2.05) is 35.2 Å². The van der Waals surface area contributed by atoms with Crippen LogP contribution in [-0.4, -0.2) is 35.0 Å². The minimum Gasteiger partial charge on any atom is -0.360 e. The van der Waals surface area contributed by atoms with E-state index in [0.29, 0.717) is 37.5 Å². The second kappa shape index (κ2) is 8.84. The number of anilines is 1. The first-order chi connectivity index (χ1) is 13.1. The van der Waals surface area contributed by atoms with E-state index in [-0.39, 0.29) is 23.7 Å². The quantitative estimate of drug-likeness (QED) is 0.841. The highest BCUT2D eigenvalue weighted by Crippen LogP contribution is 2.27. The maximum atomic E-state index is 13.1. The number of likely N-dealkylation sites (tertiary alicyclic amines) is 1. The lowest BCUT2D eigenvalue weighted by molar-refractivity contribution is -0.136. The van der Waals surface area contributed by atoms with Crippen molar-refractivity contribution in [2.24, 2.45) is 5.92 Å². The molecule has 1 aromatic heterocycles. The Labute approximate surface area is 159 Å². The third-order valence-electron chi connectivity index (χ3n) is 5.13. The van der Waals surface area contributed by atoms with Crippen molar-refractivity contribution >= 4 is 17.6 Å². The number of nitrogens with one attached hydrogen (secondary N) is 1. The number of piperidine rings is 1. The third kappa shape index (κ3) is 4.76. The van der Waals surface area contributed by atoms with E-state index >= 15 is 0 Å². The van der Waals surface area contributed by atoms with E-state index in [0.717, 1.165) is 18.4 Å². The average molecular weight is 369 g/mol. The third-order valence-corrected chi connectivity index (χ3v) is 5.13. The SMILES string of the molecule is CCCC(C(=O)N1CCC(C(=O)Nc2cc(C)on2)CC1)c1ccccc1. The lowest BCUT2D eigenvalue weighted by Crippen LogP contribution is -2.43. The van der Waals surface area contributed by atoms with E-state index in [1.165, 1.54) is 0 Å². The van der Waals surface area contributed by atoms with Crippen LogP contribution < -0.4 is 5.32 Å². The topological polar surface area (TPSA) is 75.4 Å². The van der Waals surface area contributed by atoms with E-state index in [9.17, 15) is 9.59 Å². The van der Waals surface area contributed by atoms with Crippen molar-refractivity contribution in [1.82, 2.24) is 10.1 Å². The zero-order valence-corrected chi connectivity index (χ0v) is 16.0. The van der Waals surface area contributed by atoms with E-state index < -0.39 is 0 Å². The highest BCUT2D eigenvalue weighted by molar-refractivity contribution is 5.92. The van der Waals surface area contributed by atoms with Crippen molar-refractivity contribution in [3.8, 4) is 0 Å². The Balaban J connectivity index is 1.57. The second-order valence-electron chi connectivity index (χ2n) is 7.16. The highest BCUT2D eigenvalue weighted by atomic mass is 16.5. The van der Waals surface area contributed by atoms with Crippen molar-refractivity contribution in [1.29, 1.82) is 0 Å². The van der Waals surface area contributed by atoms with Gasteiger partial charge in [-0.25, -0.2) is 0 Å². The first-order valence-corrected chi connectivity index (χ1v) is 9.66. The summed E-state index contributed by atoms with van der Waals surface area (Å²) in [5, 5.41) is 6.60. The Morgan fingerprint density at radius 1 is 1.26 bits per heavy atom. The number of rotatable bonds is 6. The molecule has 1 N–H and O–H groups in total. The van der Waals surface area contributed by atoms with Crippen LogP contribution >= 0.6 is 0 Å². The molecule has 2 amide bonds. The van der Waals surface area contributed by atoms with Gasteiger partial charge in [-0.2, -0.15) is 0 Å². The highest BCUT2D eigenvalue weighted by Gasteiger charge is 2.31. The molecule has 1 atom stereocenters. The molecule has 1 saturated heterocycles. The number of carbonyl (C=O) groups excluding carboxylic acids is 2. The van der Waals surface area contributed by atoms with Crippen LogP contribution in [0.2, 0.25) is 0 Å².